The largest absolute Gasteiger partial charge is 0.309 e. The molecule has 10 rings (SSSR count). The quantitative estimate of drug-likeness (QED) is 0.199. The van der Waals surface area contributed by atoms with Gasteiger partial charge in [0.05, 0.1) is 11.0 Å². The highest BCUT2D eigenvalue weighted by Gasteiger charge is 2.22. The summed E-state index contributed by atoms with van der Waals surface area (Å²) in [6.07, 6.45) is 0. The van der Waals surface area contributed by atoms with Crippen LogP contribution in [0.3, 0.4) is 0 Å². The second-order valence-electron chi connectivity index (χ2n) is 12.1. The topological polar surface area (TPSA) is 4.93 Å². The van der Waals surface area contributed by atoms with Crippen LogP contribution in [-0.2, 0) is 0 Å². The van der Waals surface area contributed by atoms with Crippen molar-refractivity contribution < 1.29 is 0 Å². The third-order valence-electron chi connectivity index (χ3n) is 9.72. The van der Waals surface area contributed by atoms with Gasteiger partial charge in [0, 0.05) is 16.5 Å². The molecule has 0 saturated carbocycles. The van der Waals surface area contributed by atoms with Gasteiger partial charge in [-0.25, -0.2) is 0 Å². The smallest absolute Gasteiger partial charge is 0.0541 e. The molecule has 0 saturated heterocycles. The van der Waals surface area contributed by atoms with Crippen molar-refractivity contribution in [2.45, 2.75) is 0 Å². The monoisotopic (exact) mass is 569 g/mol. The van der Waals surface area contributed by atoms with E-state index in [-0.39, 0.29) is 0 Å². The molecule has 0 fully saturated rings. The van der Waals surface area contributed by atoms with Crippen LogP contribution in [-0.4, -0.2) is 4.57 Å². The van der Waals surface area contributed by atoms with Crippen molar-refractivity contribution in [1.82, 2.24) is 4.57 Å². The normalized spacial score (nSPS) is 12.0. The van der Waals surface area contributed by atoms with Crippen molar-refractivity contribution in [2.75, 3.05) is 0 Å². The molecule has 208 valence electrons. The first-order chi connectivity index (χ1) is 22.3. The summed E-state index contributed by atoms with van der Waals surface area (Å²) in [6, 6.07) is 60.3. The summed E-state index contributed by atoms with van der Waals surface area (Å²) < 4.78 is 2.40. The van der Waals surface area contributed by atoms with Crippen LogP contribution in [0.4, 0.5) is 0 Å². The Morgan fingerprint density at radius 1 is 0.311 bits per heavy atom. The molecule has 0 spiro atoms. The van der Waals surface area contributed by atoms with Gasteiger partial charge in [-0.1, -0.05) is 121 Å². The molecule has 1 aliphatic carbocycles. The molecule has 0 aliphatic heterocycles. The number of hydrogen-bond donors (Lipinski definition) is 0. The van der Waals surface area contributed by atoms with Gasteiger partial charge < -0.3 is 4.57 Å². The predicted molar refractivity (Wildman–Crippen MR) is 191 cm³/mol. The van der Waals surface area contributed by atoms with Crippen LogP contribution in [0.15, 0.2) is 164 Å². The highest BCUT2D eigenvalue weighted by molar-refractivity contribution is 6.16. The maximum Gasteiger partial charge on any atom is 0.0541 e. The summed E-state index contributed by atoms with van der Waals surface area (Å²) in [4.78, 5) is 0. The lowest BCUT2D eigenvalue weighted by Crippen LogP contribution is -1.93. The van der Waals surface area contributed by atoms with E-state index < -0.39 is 0 Å². The molecular weight excluding hydrogens is 542 g/mol. The van der Waals surface area contributed by atoms with Gasteiger partial charge in [-0.2, -0.15) is 0 Å². The first kappa shape index (κ1) is 24.5. The van der Waals surface area contributed by atoms with Crippen molar-refractivity contribution >= 4 is 43.4 Å². The average molecular weight is 570 g/mol. The highest BCUT2D eigenvalue weighted by Crippen LogP contribution is 2.48. The predicted octanol–water partition coefficient (Wildman–Crippen LogP) is 12.1. The van der Waals surface area contributed by atoms with Gasteiger partial charge in [-0.05, 0) is 109 Å². The summed E-state index contributed by atoms with van der Waals surface area (Å²) in [5.74, 6) is 0. The van der Waals surface area contributed by atoms with Crippen LogP contribution in [0.5, 0.6) is 0 Å². The van der Waals surface area contributed by atoms with E-state index in [2.05, 4.69) is 168 Å². The number of fused-ring (bicyclic) bond motifs is 7. The van der Waals surface area contributed by atoms with Crippen molar-refractivity contribution in [3.8, 4) is 50.2 Å². The summed E-state index contributed by atoms with van der Waals surface area (Å²) in [7, 11) is 0. The number of aromatic nitrogens is 1. The first-order valence-corrected chi connectivity index (χ1v) is 15.6. The van der Waals surface area contributed by atoms with Crippen LogP contribution in [0.25, 0.3) is 93.5 Å². The number of hydrogen-bond acceptors (Lipinski definition) is 0. The van der Waals surface area contributed by atoms with E-state index in [1.807, 2.05) is 0 Å². The lowest BCUT2D eigenvalue weighted by Gasteiger charge is -2.10. The minimum Gasteiger partial charge on any atom is -0.309 e. The van der Waals surface area contributed by atoms with Crippen molar-refractivity contribution in [2.24, 2.45) is 0 Å². The van der Waals surface area contributed by atoms with E-state index in [1.165, 1.54) is 93.5 Å². The lowest BCUT2D eigenvalue weighted by atomic mass is 9.95. The second kappa shape index (κ2) is 9.29. The maximum absolute atomic E-state index is 2.40. The van der Waals surface area contributed by atoms with Crippen molar-refractivity contribution in [3.05, 3.63) is 164 Å². The standard InChI is InChI=1S/C44H27N/c1-2-13-33(14-3-1)45-42-23-20-31(30-19-22-36-37-17-7-11-29-12-8-18-38(44(29)37)39(36)25-30)26-40(42)41-27-32(21-24-43(41)45)35-16-6-10-28-9-4-5-15-34(28)35/h1-27H. The zero-order valence-electron chi connectivity index (χ0n) is 24.5. The molecular formula is C44H27N. The molecule has 1 aromatic heterocycles. The fourth-order valence-electron chi connectivity index (χ4n) is 7.67. The zero-order chi connectivity index (χ0) is 29.5. The number of benzene rings is 8. The van der Waals surface area contributed by atoms with Crippen LogP contribution < -0.4 is 0 Å². The Labute approximate surface area is 261 Å². The number of para-hydroxylation sites is 1. The second-order valence-corrected chi connectivity index (χ2v) is 12.1. The van der Waals surface area contributed by atoms with Gasteiger partial charge in [0.15, 0.2) is 0 Å². The molecule has 0 amide bonds. The molecule has 1 heteroatoms. The number of nitrogens with zero attached hydrogens (tertiary/aromatic N) is 1. The molecule has 0 unspecified atom stereocenters. The third-order valence-corrected chi connectivity index (χ3v) is 9.72. The Balaban J connectivity index is 1.20. The third kappa shape index (κ3) is 3.56. The van der Waals surface area contributed by atoms with Gasteiger partial charge in [0.25, 0.3) is 0 Å². The van der Waals surface area contributed by atoms with Crippen LogP contribution in [0.2, 0.25) is 0 Å². The average Bonchev–Trinajstić information content (AvgIpc) is 3.61. The molecule has 9 aromatic rings. The van der Waals surface area contributed by atoms with Crippen LogP contribution >= 0.6 is 0 Å². The van der Waals surface area contributed by atoms with Gasteiger partial charge in [0.1, 0.15) is 0 Å². The van der Waals surface area contributed by atoms with Gasteiger partial charge in [-0.15, -0.1) is 0 Å². The maximum atomic E-state index is 2.40. The zero-order valence-corrected chi connectivity index (χ0v) is 24.5. The Kier molecular flexibility index (Phi) is 5.06. The number of rotatable bonds is 3. The van der Waals surface area contributed by atoms with Crippen molar-refractivity contribution in [1.29, 1.82) is 0 Å². The van der Waals surface area contributed by atoms with E-state index in [9.17, 15) is 0 Å². The van der Waals surface area contributed by atoms with E-state index in [0.29, 0.717) is 0 Å². The SMILES string of the molecule is c1ccc(-n2c3ccc(-c4ccc5c(c4)-c4cccc6cccc-5c46)cc3c3cc(-c4cccc5ccccc45)ccc32)cc1. The molecule has 1 nitrogen and oxygen atoms in total. The molecule has 8 aromatic carbocycles. The van der Waals surface area contributed by atoms with Crippen LogP contribution in [0.1, 0.15) is 0 Å². The van der Waals surface area contributed by atoms with Gasteiger partial charge >= 0.3 is 0 Å². The Morgan fingerprint density at radius 2 is 0.889 bits per heavy atom. The van der Waals surface area contributed by atoms with Gasteiger partial charge in [0.2, 0.25) is 0 Å². The fourth-order valence-corrected chi connectivity index (χ4v) is 7.67. The molecule has 1 aliphatic rings. The summed E-state index contributed by atoms with van der Waals surface area (Å²) in [6.45, 7) is 0. The minimum atomic E-state index is 1.17. The molecule has 0 bridgehead atoms. The Bertz CT molecular complexity index is 2630. The molecule has 0 radical (unpaired) electrons. The van der Waals surface area contributed by atoms with E-state index in [0.717, 1.165) is 0 Å². The van der Waals surface area contributed by atoms with Crippen molar-refractivity contribution in [3.63, 3.8) is 0 Å². The summed E-state index contributed by atoms with van der Waals surface area (Å²) in [5.41, 5.74) is 13.9. The summed E-state index contributed by atoms with van der Waals surface area (Å²) in [5, 5.41) is 7.74. The molecule has 0 atom stereocenters. The van der Waals surface area contributed by atoms with Crippen LogP contribution in [0, 0.1) is 0 Å². The highest BCUT2D eigenvalue weighted by atomic mass is 15.0. The summed E-state index contributed by atoms with van der Waals surface area (Å²) >= 11 is 0. The Hall–Kier alpha value is -5.92. The van der Waals surface area contributed by atoms with E-state index in [4.69, 9.17) is 0 Å². The minimum absolute atomic E-state index is 1.17. The molecule has 45 heavy (non-hydrogen) atoms. The van der Waals surface area contributed by atoms with E-state index >= 15 is 0 Å². The molecule has 0 N–H and O–H groups in total. The lowest BCUT2D eigenvalue weighted by molar-refractivity contribution is 1.18. The van der Waals surface area contributed by atoms with E-state index in [1.54, 1.807) is 0 Å². The molecule has 1 heterocycles. The van der Waals surface area contributed by atoms with Gasteiger partial charge in [-0.3, -0.25) is 0 Å². The Morgan fingerprint density at radius 3 is 1.69 bits per heavy atom. The first-order valence-electron chi connectivity index (χ1n) is 15.6. The fraction of sp³-hybridized carbons (Fsp3) is 0.